The highest BCUT2D eigenvalue weighted by Crippen LogP contribution is 2.28. The highest BCUT2D eigenvalue weighted by molar-refractivity contribution is 7.99. The van der Waals surface area contributed by atoms with Crippen LogP contribution < -0.4 is 10.6 Å². The van der Waals surface area contributed by atoms with Crippen LogP contribution >= 0.6 is 11.8 Å². The van der Waals surface area contributed by atoms with Crippen LogP contribution in [0.4, 0.5) is 0 Å². The second-order valence-corrected chi connectivity index (χ2v) is 8.37. The molecule has 2 N–H and O–H groups in total. The number of furan rings is 1. The van der Waals surface area contributed by atoms with Crippen molar-refractivity contribution in [2.45, 2.75) is 50.3 Å². The topological polar surface area (TPSA) is 69.9 Å². The van der Waals surface area contributed by atoms with Gasteiger partial charge in [0.05, 0.1) is 6.26 Å². The Labute approximate surface area is 161 Å². The largest absolute Gasteiger partial charge is 0.469 e. The van der Waals surface area contributed by atoms with E-state index in [9.17, 15) is 4.79 Å². The van der Waals surface area contributed by atoms with Gasteiger partial charge in [-0.3, -0.25) is 4.79 Å². The highest BCUT2D eigenvalue weighted by atomic mass is 32.2. The smallest absolute Gasteiger partial charge is 0.243 e. The molecule has 26 heavy (non-hydrogen) atoms. The highest BCUT2D eigenvalue weighted by Gasteiger charge is 2.22. The summed E-state index contributed by atoms with van der Waals surface area (Å²) in [5, 5.41) is 7.61. The normalized spacial score (nSPS) is 20.7. The minimum atomic E-state index is 0.000179. The van der Waals surface area contributed by atoms with Gasteiger partial charge >= 0.3 is 0 Å². The third kappa shape index (κ3) is 7.32. The minimum Gasteiger partial charge on any atom is -0.469 e. The lowest BCUT2D eigenvalue weighted by Crippen LogP contribution is -2.46. The van der Waals surface area contributed by atoms with Gasteiger partial charge in [0.1, 0.15) is 12.3 Å². The average molecular weight is 381 g/mol. The zero-order valence-corrected chi connectivity index (χ0v) is 17.0. The summed E-state index contributed by atoms with van der Waals surface area (Å²) < 4.78 is 5.37. The van der Waals surface area contributed by atoms with Gasteiger partial charge in [-0.15, -0.1) is 0 Å². The van der Waals surface area contributed by atoms with Crippen LogP contribution in [0.2, 0.25) is 0 Å². The first-order chi connectivity index (χ1) is 12.6. The number of thioether (sulfide) groups is 1. The van der Waals surface area contributed by atoms with Gasteiger partial charge in [0.2, 0.25) is 5.91 Å². The van der Waals surface area contributed by atoms with Crippen LogP contribution in [0, 0.1) is 0 Å². The molecule has 146 valence electrons. The molecule has 0 aromatic carbocycles. The van der Waals surface area contributed by atoms with E-state index in [1.54, 1.807) is 25.3 Å². The van der Waals surface area contributed by atoms with Crippen molar-refractivity contribution >= 4 is 23.6 Å². The first-order valence-corrected chi connectivity index (χ1v) is 10.5. The van der Waals surface area contributed by atoms with Crippen LogP contribution in [0.5, 0.6) is 0 Å². The molecule has 0 radical (unpaired) electrons. The maximum atomic E-state index is 11.9. The molecular formula is C19H32N4O2S. The quantitative estimate of drug-likeness (QED) is 0.536. The van der Waals surface area contributed by atoms with E-state index in [2.05, 4.69) is 22.5 Å². The number of nitrogens with zero attached hydrogens (tertiary/aromatic N) is 2. The van der Waals surface area contributed by atoms with E-state index < -0.39 is 0 Å². The van der Waals surface area contributed by atoms with Crippen LogP contribution in [0.3, 0.4) is 0 Å². The fourth-order valence-corrected chi connectivity index (χ4v) is 4.23. The lowest BCUT2D eigenvalue weighted by Gasteiger charge is -2.30. The molecule has 1 amide bonds. The molecule has 1 aromatic rings. The molecule has 7 heteroatoms. The Balaban J connectivity index is 1.90. The van der Waals surface area contributed by atoms with Gasteiger partial charge < -0.3 is 20.0 Å². The lowest BCUT2D eigenvalue weighted by atomic mass is 9.95. The predicted octanol–water partition coefficient (Wildman–Crippen LogP) is 2.51. The van der Waals surface area contributed by atoms with E-state index in [1.807, 2.05) is 23.9 Å². The van der Waals surface area contributed by atoms with Crippen molar-refractivity contribution < 1.29 is 9.21 Å². The zero-order valence-electron chi connectivity index (χ0n) is 16.2. The Morgan fingerprint density at radius 2 is 2.27 bits per heavy atom. The van der Waals surface area contributed by atoms with Gasteiger partial charge in [0.15, 0.2) is 5.96 Å². The second kappa shape index (κ2) is 11.2. The Hall–Kier alpha value is -1.63. The Morgan fingerprint density at radius 1 is 1.42 bits per heavy atom. The number of likely N-dealkylation sites (N-methyl/N-ethyl adjacent to an activating group) is 1. The van der Waals surface area contributed by atoms with Gasteiger partial charge in [-0.1, -0.05) is 13.3 Å². The monoisotopic (exact) mass is 380 g/mol. The van der Waals surface area contributed by atoms with Gasteiger partial charge in [-0.25, -0.2) is 4.99 Å². The van der Waals surface area contributed by atoms with E-state index in [4.69, 9.17) is 4.42 Å². The first kappa shape index (κ1) is 20.7. The van der Waals surface area contributed by atoms with Crippen molar-refractivity contribution in [1.82, 2.24) is 15.5 Å². The van der Waals surface area contributed by atoms with Crippen LogP contribution in [-0.4, -0.2) is 61.0 Å². The molecule has 0 bridgehead atoms. The number of amides is 1. The summed E-state index contributed by atoms with van der Waals surface area (Å²) in [5.41, 5.74) is 0. The molecule has 2 atom stereocenters. The maximum absolute atomic E-state index is 11.9. The molecule has 2 rings (SSSR count). The molecule has 0 saturated heterocycles. The number of nitrogens with one attached hydrogen (secondary N) is 2. The molecule has 0 aliphatic heterocycles. The number of carbonyl (C=O) groups is 1. The second-order valence-electron chi connectivity index (χ2n) is 6.79. The van der Waals surface area contributed by atoms with E-state index in [0.29, 0.717) is 6.04 Å². The molecule has 1 aliphatic rings. The fourth-order valence-electron chi connectivity index (χ4n) is 3.06. The number of rotatable bonds is 8. The van der Waals surface area contributed by atoms with Crippen LogP contribution in [0.15, 0.2) is 27.8 Å². The van der Waals surface area contributed by atoms with Crippen molar-refractivity contribution in [2.24, 2.45) is 4.99 Å². The van der Waals surface area contributed by atoms with Crippen molar-refractivity contribution in [1.29, 1.82) is 0 Å². The van der Waals surface area contributed by atoms with Gasteiger partial charge in [0.25, 0.3) is 0 Å². The average Bonchev–Trinajstić information content (AvgIpc) is 3.13. The van der Waals surface area contributed by atoms with E-state index >= 15 is 0 Å². The fraction of sp³-hybridized carbons (Fsp3) is 0.684. The molecule has 1 aliphatic carbocycles. The first-order valence-electron chi connectivity index (χ1n) is 9.47. The summed E-state index contributed by atoms with van der Waals surface area (Å²) in [4.78, 5) is 17.9. The lowest BCUT2D eigenvalue weighted by molar-refractivity contribution is -0.127. The number of guanidine groups is 1. The summed E-state index contributed by atoms with van der Waals surface area (Å²) >= 11 is 2.05. The molecular weight excluding hydrogens is 348 g/mol. The van der Waals surface area contributed by atoms with Crippen LogP contribution in [0.25, 0.3) is 0 Å². The zero-order chi connectivity index (χ0) is 18.8. The maximum Gasteiger partial charge on any atom is 0.243 e. The predicted molar refractivity (Wildman–Crippen MR) is 109 cm³/mol. The molecule has 1 heterocycles. The Kier molecular flexibility index (Phi) is 8.88. The van der Waals surface area contributed by atoms with Crippen molar-refractivity contribution in [3.05, 3.63) is 24.2 Å². The third-order valence-electron chi connectivity index (χ3n) is 4.48. The molecule has 2 unspecified atom stereocenters. The van der Waals surface area contributed by atoms with Crippen molar-refractivity contribution in [2.75, 3.05) is 32.9 Å². The molecule has 1 aromatic heterocycles. The van der Waals surface area contributed by atoms with Gasteiger partial charge in [-0.2, -0.15) is 11.8 Å². The SMILES string of the molecule is CCSC1CCCC(NC(=NCC(=O)N(C)C)NCCc2ccco2)C1. The standard InChI is InChI=1S/C19H32N4O2S/c1-4-26-17-9-5-7-15(13-17)22-19(21-14-18(24)23(2)3)20-11-10-16-8-6-12-25-16/h6,8,12,15,17H,4-5,7,9-11,13-14H2,1-3H3,(H2,20,21,22). The molecule has 0 spiro atoms. The van der Waals surface area contributed by atoms with Crippen molar-refractivity contribution in [3.63, 3.8) is 0 Å². The van der Waals surface area contributed by atoms with E-state index in [-0.39, 0.29) is 12.5 Å². The van der Waals surface area contributed by atoms with Crippen molar-refractivity contribution in [3.8, 4) is 0 Å². The molecule has 6 nitrogen and oxygen atoms in total. The van der Waals surface area contributed by atoms with Gasteiger partial charge in [0, 0.05) is 38.4 Å². The summed E-state index contributed by atoms with van der Waals surface area (Å²) in [7, 11) is 3.51. The number of hydrogen-bond donors (Lipinski definition) is 2. The summed E-state index contributed by atoms with van der Waals surface area (Å²) in [5.74, 6) is 2.83. The minimum absolute atomic E-state index is 0.000179. The number of carbonyl (C=O) groups excluding carboxylic acids is 1. The molecule has 1 saturated carbocycles. The third-order valence-corrected chi connectivity index (χ3v) is 5.72. The van der Waals surface area contributed by atoms with Crippen LogP contribution in [0.1, 0.15) is 38.4 Å². The number of hydrogen-bond acceptors (Lipinski definition) is 4. The van der Waals surface area contributed by atoms with E-state index in [0.717, 1.165) is 48.5 Å². The van der Waals surface area contributed by atoms with Crippen LogP contribution in [-0.2, 0) is 11.2 Å². The van der Waals surface area contributed by atoms with Gasteiger partial charge in [-0.05, 0) is 37.1 Å². The Bertz CT molecular complexity index is 558. The Morgan fingerprint density at radius 3 is 2.96 bits per heavy atom. The van der Waals surface area contributed by atoms with E-state index in [1.165, 1.54) is 12.8 Å². The summed E-state index contributed by atoms with van der Waals surface area (Å²) in [6.07, 6.45) is 7.32. The summed E-state index contributed by atoms with van der Waals surface area (Å²) in [6, 6.07) is 4.28. The summed E-state index contributed by atoms with van der Waals surface area (Å²) in [6.45, 7) is 3.09. The molecule has 1 fully saturated rings. The number of aliphatic imine (C=N–C) groups is 1.